The highest BCUT2D eigenvalue weighted by atomic mass is 16.6. The minimum atomic E-state index is -3.70. The van der Waals surface area contributed by atoms with Gasteiger partial charge in [0, 0.05) is 199 Å². The maximum Gasteiger partial charge on any atom is 0.407 e. The van der Waals surface area contributed by atoms with Gasteiger partial charge in [0.25, 0.3) is 0 Å². The van der Waals surface area contributed by atoms with Gasteiger partial charge in [-0.3, -0.25) is 0 Å². The lowest BCUT2D eigenvalue weighted by atomic mass is 10.0. The Hall–Kier alpha value is -12.1. The fourth-order valence-electron chi connectivity index (χ4n) is 12.3. The van der Waals surface area contributed by atoms with Crippen LogP contribution in [0.2, 0.25) is 8.47 Å². The number of hydrogen-bond acceptors (Lipinski definition) is 18. The highest BCUT2D eigenvalue weighted by Gasteiger charge is 2.29. The molecule has 0 bridgehead atoms. The van der Waals surface area contributed by atoms with Gasteiger partial charge in [-0.05, 0) is 300 Å². The molecule has 6 amide bonds. The number of H-pyrrole nitrogens is 6. The second kappa shape index (κ2) is 43.7. The zero-order chi connectivity index (χ0) is 141. The van der Waals surface area contributed by atoms with Crippen LogP contribution in [0.3, 0.4) is 0 Å². The number of rotatable bonds is 30. The van der Waals surface area contributed by atoms with E-state index in [1.54, 1.807) is 0 Å². The summed E-state index contributed by atoms with van der Waals surface area (Å²) in [5.74, 6) is 0. The largest absolute Gasteiger partial charge is 0.447 e. The van der Waals surface area contributed by atoms with Gasteiger partial charge in [-0.25, -0.2) is 28.8 Å². The third-order valence-corrected chi connectivity index (χ3v) is 18.1. The van der Waals surface area contributed by atoms with Crippen LogP contribution in [-0.4, -0.2) is 295 Å². The summed E-state index contributed by atoms with van der Waals surface area (Å²) >= 11 is 0. The molecule has 0 saturated carbocycles. The Labute approximate surface area is 821 Å². The molecule has 0 spiro atoms. The maximum absolute atomic E-state index is 11.6. The Kier molecular flexibility index (Phi) is 14.6. The molecule has 30 heteroatoms. The molecule has 6 saturated heterocycles. The van der Waals surface area contributed by atoms with E-state index >= 15 is 0 Å². The highest BCUT2D eigenvalue weighted by Crippen LogP contribution is 2.29. The van der Waals surface area contributed by atoms with E-state index in [4.69, 9.17) is 87.2 Å². The van der Waals surface area contributed by atoms with Crippen molar-refractivity contribution < 1.29 is 140 Å². The first-order chi connectivity index (χ1) is 84.2. The van der Waals surface area contributed by atoms with Gasteiger partial charge in [0.1, 0.15) is 39.6 Å². The third-order valence-electron chi connectivity index (χ3n) is 18.1. The zero-order valence-electron chi connectivity index (χ0n) is 128. The van der Waals surface area contributed by atoms with Crippen LogP contribution >= 0.6 is 0 Å². The number of aromatic nitrogens is 6. The number of alkyl carbamates (subject to hydrolysis) is 6. The monoisotopic (exact) mass is 1780 g/mol. The van der Waals surface area contributed by atoms with E-state index < -0.39 is 266 Å². The molecule has 6 aliphatic rings. The lowest BCUT2D eigenvalue weighted by Gasteiger charge is -2.09. The van der Waals surface area contributed by atoms with Crippen LogP contribution in [0.5, 0.6) is 0 Å². The van der Waals surface area contributed by atoms with Crippen LogP contribution in [0.25, 0.3) is 65.4 Å². The van der Waals surface area contributed by atoms with E-state index in [1.165, 1.54) is 118 Å². The van der Waals surface area contributed by atoms with E-state index in [-0.39, 0.29) is 148 Å². The topological polar surface area (TPSA) is 344 Å². The van der Waals surface area contributed by atoms with Crippen molar-refractivity contribution in [2.45, 2.75) is 113 Å². The van der Waals surface area contributed by atoms with Crippen molar-refractivity contribution >= 4 is 102 Å². The van der Waals surface area contributed by atoms with Crippen molar-refractivity contribution in [2.75, 3.05) is 163 Å². The number of carbonyl (C=O) groups excluding carboxylic acids is 6. The fourth-order valence-corrected chi connectivity index (χ4v) is 12.3. The van der Waals surface area contributed by atoms with E-state index in [0.29, 0.717) is 56.3 Å². The number of benzene rings is 6. The minimum Gasteiger partial charge on any atom is -0.447 e. The van der Waals surface area contributed by atoms with Crippen molar-refractivity contribution in [3.8, 4) is 0 Å². The summed E-state index contributed by atoms with van der Waals surface area (Å²) in [4.78, 5) is 83.4. The number of nitrogens with zero attached hydrogens (tertiary/aromatic N) is 6. The number of carbonyl (C=O) groups is 6. The molecule has 12 N–H and O–H groups in total. The SMILES string of the molecule is [2H]c1[nH]c2ccc(C([2H])([2H])[C@@]3([2H])COC(=O)N3)cc2c1C([2H])([2H])C([2H])([2H])N(C([2H])([2H])[2H])C([2H])([2H])[2H].[2H]c1[nH]c2ccc(C([2H])([2H])[C@@]3([2H])COC(=O)N3)cc2c1C([2H])([2H])C([2H])([2H])N(C)C.[2H]c1[nH]c2ccc(C([2H])([2H])[C@@]3([2H])COC(=O)N3)cc2c1C([2H])([2H])C([2H])([2H])N(C)C([2H])([2H])[2H].[2H]c1c(CCN(C([2H])([2H])[2H])C([2H])([2H])[2H])c2cc(C([2H])([2H])[C@@]3([2H])COC(=O)N3[2H])ccc2n1[2H].[2H]c1c(CCN(C)C([2H])([2H])[2H])c2cc(C([2H])([2H])[C@@]3([2H])COC(=O)N3[2H])ccc2n1[2H].[2H]c1c(CCN(C)C)c2cc(C([2H])([2H])[C@@]3([2H])COC(=O)N3[2H])ccc2n1[2H]. The molecule has 126 heavy (non-hydrogen) atoms. The lowest BCUT2D eigenvalue weighted by molar-refractivity contribution is 0.176. The minimum absolute atomic E-state index is 0.0171. The van der Waals surface area contributed by atoms with Crippen LogP contribution in [0, 0.1) is 0 Å². The van der Waals surface area contributed by atoms with Gasteiger partial charge in [-0.15, -0.1) is 0 Å². The van der Waals surface area contributed by atoms with Crippen LogP contribution in [0.4, 0.5) is 28.8 Å². The van der Waals surface area contributed by atoms with E-state index in [9.17, 15) is 28.8 Å². The first-order valence-corrected chi connectivity index (χ1v) is 38.1. The number of ether oxygens (including phenoxy) is 6. The standard InChI is InChI=1S/6C16H21N3O2/c6*1-19(2)6-5-12-9-17-15-4-3-11(8-14(12)15)7-13-10-21-16(20)18-13/h6*3-4,8-9,13,17H,5-7,10H2,1-2H3,(H,18,20)/t6*13-/m000000/s1/i1D3,2D3,5D2,6D2,7D2,9D,13D;1D3,5D2,6D2,7D2,9D,13D;5D2,6D2,7D2,9D,13D;1D3,2D3,7D2,9D,13D;1D3,7D2,9D,13D;7D2,9D,13D/hD6. The molecule has 672 valence electrons. The molecule has 6 atom stereocenters. The summed E-state index contributed by atoms with van der Waals surface area (Å²) in [6, 6.07) is 10.4. The molecule has 12 heterocycles. The predicted octanol–water partition coefficient (Wildman–Crippen LogP) is 11.5. The van der Waals surface area contributed by atoms with Gasteiger partial charge in [0.05, 0.1) is 52.6 Å². The normalized spacial score (nSPS) is 30.9. The molecule has 0 unspecified atom stereocenters. The Bertz CT molecular complexity index is 8660. The fraction of sp³-hybridized carbons (Fsp3) is 0.438. The van der Waals surface area contributed by atoms with Crippen LogP contribution < -0.4 is 31.9 Å². The Morgan fingerprint density at radius 3 is 0.857 bits per heavy atom. The quantitative estimate of drug-likeness (QED) is 0.0186. The second-order valence-electron chi connectivity index (χ2n) is 28.2. The van der Waals surface area contributed by atoms with Gasteiger partial charge in [0.15, 0.2) is 8.47 Å². The van der Waals surface area contributed by atoms with Crippen molar-refractivity contribution in [3.63, 3.8) is 0 Å². The Morgan fingerprint density at radius 1 is 0.317 bits per heavy atom. The number of aryl methyl sites for hydroxylation is 3. The molecule has 0 radical (unpaired) electrons. The van der Waals surface area contributed by atoms with Crippen molar-refractivity contribution in [1.29, 1.82) is 0 Å². The first kappa shape index (κ1) is 42.0. The number of cyclic esters (lactones) is 6. The molecule has 30 nitrogen and oxygen atoms in total. The summed E-state index contributed by atoms with van der Waals surface area (Å²) < 4.78 is 510. The molecule has 6 aromatic carbocycles. The number of likely N-dealkylation sites (N-methyl/N-ethyl adjacent to an activating group) is 6. The summed E-state index contributed by atoms with van der Waals surface area (Å²) in [6.07, 6.45) is -31.8. The molecule has 6 fully saturated rings. The maximum atomic E-state index is 11.6. The predicted molar refractivity (Wildman–Crippen MR) is 495 cm³/mol. The molecule has 12 aromatic rings. The van der Waals surface area contributed by atoms with Crippen LogP contribution in [0.15, 0.2) is 146 Å². The molecule has 6 aromatic heterocycles. The van der Waals surface area contributed by atoms with Crippen molar-refractivity contribution in [3.05, 3.63) is 213 Å². The van der Waals surface area contributed by atoms with Gasteiger partial charge < -0.3 is 120 Å². The summed E-state index contributed by atoms with van der Waals surface area (Å²) in [7, 11) is 8.89. The molecule has 6 aliphatic heterocycles. The second-order valence-corrected chi connectivity index (χ2v) is 28.2. The molecule has 0 aliphatic carbocycles. The summed E-state index contributed by atoms with van der Waals surface area (Å²) in [5.41, 5.74) is 0.646. The first-order valence-electron chi connectivity index (χ1n) is 67.8. The Morgan fingerprint density at radius 2 is 0.579 bits per heavy atom. The number of fused-ring (bicyclic) bond motifs is 6. The van der Waals surface area contributed by atoms with E-state index in [2.05, 4.69) is 54.6 Å². The number of hydrogen-bond donors (Lipinski definition) is 12. The number of amides is 6. The lowest BCUT2D eigenvalue weighted by Crippen LogP contribution is -2.28. The number of aromatic amines is 6. The molecular weight excluding hydrogens is 1600 g/mol. The van der Waals surface area contributed by atoms with E-state index in [0.717, 1.165) is 43.9 Å². The third kappa shape index (κ3) is 26.5. The van der Waals surface area contributed by atoms with E-state index in [1.807, 2.05) is 19.0 Å². The average Bonchev–Trinajstić information content (AvgIpc) is 1.58. The zero-order valence-corrected chi connectivity index (χ0v) is 68.1. The van der Waals surface area contributed by atoms with Crippen molar-refractivity contribution in [1.82, 2.24) is 91.2 Å². The van der Waals surface area contributed by atoms with Gasteiger partial charge >= 0.3 is 36.6 Å². The average molecular weight is 1780 g/mol. The van der Waals surface area contributed by atoms with Crippen LogP contribution in [-0.2, 0) is 105 Å². The molecular formula is C96H126N18O12. The molecule has 18 rings (SSSR count). The summed E-state index contributed by atoms with van der Waals surface area (Å²) in [5, 5.41) is 7.76. The van der Waals surface area contributed by atoms with Gasteiger partial charge in [-0.2, -0.15) is 0 Å². The van der Waals surface area contributed by atoms with Crippen LogP contribution in [0.1, 0.15) is 141 Å². The van der Waals surface area contributed by atoms with Gasteiger partial charge in [0.2, 0.25) is 0 Å². The summed E-state index contributed by atoms with van der Waals surface area (Å²) in [6.45, 7) is -30.9. The van der Waals surface area contributed by atoms with Crippen molar-refractivity contribution in [2.24, 2.45) is 0 Å². The van der Waals surface area contributed by atoms with Gasteiger partial charge in [-0.1, -0.05) is 36.4 Å². The smallest absolute Gasteiger partial charge is 0.407 e. The highest BCUT2D eigenvalue weighted by molar-refractivity contribution is 5.88. The number of nitrogens with one attached hydrogen (secondary N) is 12. The Balaban J connectivity index is 0.000000181.